The molecule has 0 heterocycles. The highest BCUT2D eigenvalue weighted by Gasteiger charge is 2.03. The molecule has 5 heteroatoms. The quantitative estimate of drug-likeness (QED) is 0.366. The monoisotopic (exact) mass is 257 g/mol. The van der Waals surface area contributed by atoms with Gasteiger partial charge in [0.1, 0.15) is 0 Å². The lowest BCUT2D eigenvalue weighted by molar-refractivity contribution is 0.304. The predicted molar refractivity (Wildman–Crippen MR) is 59.0 cm³/mol. The molecule has 0 spiro atoms. The molecule has 0 unspecified atom stereocenters. The zero-order chi connectivity index (χ0) is 10.6. The first-order valence-electron chi connectivity index (χ1n) is 4.06. The highest BCUT2D eigenvalue weighted by molar-refractivity contribution is 9.10. The van der Waals surface area contributed by atoms with Gasteiger partial charge in [-0.3, -0.25) is 0 Å². The van der Waals surface area contributed by atoms with Crippen LogP contribution in [0.1, 0.15) is 5.56 Å². The summed E-state index contributed by atoms with van der Waals surface area (Å²) in [5.74, 6) is 0.102. The Morgan fingerprint density at radius 2 is 2.36 bits per heavy atom. The SMILES string of the molecule is CN(Cc1cccc(Br)c1)C(N)=NO. The number of nitrogens with two attached hydrogens (primary N) is 1. The average Bonchev–Trinajstić information content (AvgIpc) is 2.16. The van der Waals surface area contributed by atoms with E-state index in [2.05, 4.69) is 21.1 Å². The lowest BCUT2D eigenvalue weighted by Gasteiger charge is -2.16. The van der Waals surface area contributed by atoms with Crippen LogP contribution >= 0.6 is 15.9 Å². The molecule has 0 fully saturated rings. The van der Waals surface area contributed by atoms with Crippen LogP contribution in [-0.2, 0) is 6.54 Å². The van der Waals surface area contributed by atoms with Gasteiger partial charge in [0.25, 0.3) is 0 Å². The number of guanidine groups is 1. The van der Waals surface area contributed by atoms with Gasteiger partial charge in [0.2, 0.25) is 5.96 Å². The Morgan fingerprint density at radius 3 is 2.93 bits per heavy atom. The molecular weight excluding hydrogens is 246 g/mol. The molecule has 76 valence electrons. The smallest absolute Gasteiger partial charge is 0.233 e. The van der Waals surface area contributed by atoms with Crippen molar-refractivity contribution in [3.63, 3.8) is 0 Å². The van der Waals surface area contributed by atoms with E-state index in [9.17, 15) is 0 Å². The zero-order valence-corrected chi connectivity index (χ0v) is 9.40. The van der Waals surface area contributed by atoms with E-state index in [4.69, 9.17) is 10.9 Å². The number of benzene rings is 1. The summed E-state index contributed by atoms with van der Waals surface area (Å²) in [7, 11) is 1.76. The molecule has 0 amide bonds. The molecule has 1 aromatic carbocycles. The van der Waals surface area contributed by atoms with Gasteiger partial charge >= 0.3 is 0 Å². The molecule has 0 radical (unpaired) electrons. The van der Waals surface area contributed by atoms with Crippen molar-refractivity contribution in [1.29, 1.82) is 0 Å². The molecule has 0 aliphatic rings. The molecule has 14 heavy (non-hydrogen) atoms. The minimum atomic E-state index is 0.102. The lowest BCUT2D eigenvalue weighted by atomic mass is 10.2. The van der Waals surface area contributed by atoms with Gasteiger partial charge < -0.3 is 15.8 Å². The second-order valence-electron chi connectivity index (χ2n) is 2.94. The van der Waals surface area contributed by atoms with E-state index in [1.807, 2.05) is 24.3 Å². The van der Waals surface area contributed by atoms with E-state index in [-0.39, 0.29) is 5.96 Å². The minimum absolute atomic E-state index is 0.102. The van der Waals surface area contributed by atoms with E-state index in [0.717, 1.165) is 10.0 Å². The van der Waals surface area contributed by atoms with Gasteiger partial charge in [0, 0.05) is 18.1 Å². The Kier molecular flexibility index (Phi) is 3.76. The fraction of sp³-hybridized carbons (Fsp3) is 0.222. The van der Waals surface area contributed by atoms with Gasteiger partial charge in [0.15, 0.2) is 0 Å². The largest absolute Gasteiger partial charge is 0.408 e. The summed E-state index contributed by atoms with van der Waals surface area (Å²) >= 11 is 3.38. The van der Waals surface area contributed by atoms with Gasteiger partial charge in [-0.1, -0.05) is 33.2 Å². The van der Waals surface area contributed by atoms with Crippen LogP contribution in [0.4, 0.5) is 0 Å². The number of hydrogen-bond donors (Lipinski definition) is 2. The van der Waals surface area contributed by atoms with Gasteiger partial charge in [-0.2, -0.15) is 0 Å². The Balaban J connectivity index is 2.69. The summed E-state index contributed by atoms with van der Waals surface area (Å²) in [5.41, 5.74) is 6.51. The van der Waals surface area contributed by atoms with Gasteiger partial charge in [-0.05, 0) is 17.7 Å². The third-order valence-electron chi connectivity index (χ3n) is 1.80. The van der Waals surface area contributed by atoms with E-state index in [0.29, 0.717) is 6.54 Å². The second-order valence-corrected chi connectivity index (χ2v) is 3.86. The van der Waals surface area contributed by atoms with Crippen molar-refractivity contribution in [3.8, 4) is 0 Å². The fourth-order valence-corrected chi connectivity index (χ4v) is 1.51. The first kappa shape index (κ1) is 10.8. The summed E-state index contributed by atoms with van der Waals surface area (Å²) in [6, 6.07) is 7.86. The summed E-state index contributed by atoms with van der Waals surface area (Å²) in [5, 5.41) is 11.4. The highest BCUT2D eigenvalue weighted by Crippen LogP contribution is 2.12. The highest BCUT2D eigenvalue weighted by atomic mass is 79.9. The second kappa shape index (κ2) is 4.85. The number of nitrogens with zero attached hydrogens (tertiary/aromatic N) is 2. The van der Waals surface area contributed by atoms with Crippen molar-refractivity contribution in [2.45, 2.75) is 6.54 Å². The molecule has 0 saturated heterocycles. The first-order valence-corrected chi connectivity index (χ1v) is 4.86. The van der Waals surface area contributed by atoms with E-state index < -0.39 is 0 Å². The van der Waals surface area contributed by atoms with Gasteiger partial charge in [-0.15, -0.1) is 0 Å². The molecule has 0 aliphatic carbocycles. The van der Waals surface area contributed by atoms with Crippen LogP contribution in [0.15, 0.2) is 33.9 Å². The van der Waals surface area contributed by atoms with Crippen LogP contribution in [0.2, 0.25) is 0 Å². The molecule has 0 aliphatic heterocycles. The van der Waals surface area contributed by atoms with E-state index >= 15 is 0 Å². The maximum absolute atomic E-state index is 8.45. The molecule has 0 atom stereocenters. The fourth-order valence-electron chi connectivity index (χ4n) is 1.07. The molecule has 0 saturated carbocycles. The molecule has 1 aromatic rings. The minimum Gasteiger partial charge on any atom is -0.408 e. The maximum Gasteiger partial charge on any atom is 0.233 e. The maximum atomic E-state index is 8.45. The summed E-state index contributed by atoms with van der Waals surface area (Å²) < 4.78 is 1.02. The van der Waals surface area contributed by atoms with Crippen molar-refractivity contribution < 1.29 is 5.21 Å². The Bertz CT molecular complexity index is 341. The standard InChI is InChI=1S/C9H12BrN3O/c1-13(9(11)12-14)6-7-3-2-4-8(10)5-7/h2-5,14H,6H2,1H3,(H2,11,12). The summed E-state index contributed by atoms with van der Waals surface area (Å²) in [6.45, 7) is 0.606. The Hall–Kier alpha value is -1.23. The first-order chi connectivity index (χ1) is 6.63. The number of halogens is 1. The molecule has 1 rings (SSSR count). The van der Waals surface area contributed by atoms with Crippen molar-refractivity contribution in [2.75, 3.05) is 7.05 Å². The topological polar surface area (TPSA) is 61.8 Å². The summed E-state index contributed by atoms with van der Waals surface area (Å²) in [6.07, 6.45) is 0. The number of hydrogen-bond acceptors (Lipinski definition) is 2. The van der Waals surface area contributed by atoms with Crippen LogP contribution in [0.25, 0.3) is 0 Å². The van der Waals surface area contributed by atoms with Crippen LogP contribution in [-0.4, -0.2) is 23.1 Å². The predicted octanol–water partition coefficient (Wildman–Crippen LogP) is 1.58. The number of oxime groups is 1. The van der Waals surface area contributed by atoms with Gasteiger partial charge in [-0.25, -0.2) is 0 Å². The molecule has 3 N–H and O–H groups in total. The number of rotatable bonds is 2. The van der Waals surface area contributed by atoms with Crippen molar-refractivity contribution >= 4 is 21.9 Å². The van der Waals surface area contributed by atoms with Gasteiger partial charge in [0.05, 0.1) is 0 Å². The van der Waals surface area contributed by atoms with Crippen molar-refractivity contribution in [3.05, 3.63) is 34.3 Å². The van der Waals surface area contributed by atoms with Crippen LogP contribution in [0, 0.1) is 0 Å². The van der Waals surface area contributed by atoms with Crippen LogP contribution in [0.3, 0.4) is 0 Å². The average molecular weight is 258 g/mol. The van der Waals surface area contributed by atoms with Crippen molar-refractivity contribution in [1.82, 2.24) is 4.90 Å². The van der Waals surface area contributed by atoms with Crippen molar-refractivity contribution in [2.24, 2.45) is 10.9 Å². The third-order valence-corrected chi connectivity index (χ3v) is 2.30. The lowest BCUT2D eigenvalue weighted by Crippen LogP contribution is -2.33. The Labute approximate surface area is 91.1 Å². The molecular formula is C9H12BrN3O. The van der Waals surface area contributed by atoms with Crippen LogP contribution in [0.5, 0.6) is 0 Å². The molecule has 4 nitrogen and oxygen atoms in total. The van der Waals surface area contributed by atoms with E-state index in [1.54, 1.807) is 11.9 Å². The molecule has 0 bridgehead atoms. The zero-order valence-electron chi connectivity index (χ0n) is 7.81. The van der Waals surface area contributed by atoms with E-state index in [1.165, 1.54) is 0 Å². The van der Waals surface area contributed by atoms with Crippen LogP contribution < -0.4 is 5.73 Å². The third kappa shape index (κ3) is 2.92. The summed E-state index contributed by atoms with van der Waals surface area (Å²) in [4.78, 5) is 1.65. The molecule has 0 aromatic heterocycles. The normalized spacial score (nSPS) is 11.4. The Morgan fingerprint density at radius 1 is 1.64 bits per heavy atom.